The van der Waals surface area contributed by atoms with Crippen LogP contribution in [-0.2, 0) is 0 Å². The maximum absolute atomic E-state index is 4.39. The van der Waals surface area contributed by atoms with Crippen molar-refractivity contribution in [3.63, 3.8) is 0 Å². The highest BCUT2D eigenvalue weighted by atomic mass is 15.1. The molecule has 0 aliphatic rings. The summed E-state index contributed by atoms with van der Waals surface area (Å²) >= 11 is 0. The quantitative estimate of drug-likeness (QED) is 0.635. The van der Waals surface area contributed by atoms with Gasteiger partial charge in [0.25, 0.3) is 0 Å². The second-order valence-electron chi connectivity index (χ2n) is 5.41. The molecule has 0 bridgehead atoms. The van der Waals surface area contributed by atoms with Crippen molar-refractivity contribution >= 4 is 28.0 Å². The predicted octanol–water partition coefficient (Wildman–Crippen LogP) is 5.02. The SMILES string of the molecule is Cc1cc(N=Nc2cccc3ncccc23)ccc1N(C)C. The molecule has 0 saturated heterocycles. The zero-order valence-corrected chi connectivity index (χ0v) is 13.0. The summed E-state index contributed by atoms with van der Waals surface area (Å²) < 4.78 is 0. The summed E-state index contributed by atoms with van der Waals surface area (Å²) in [6, 6.07) is 15.9. The minimum Gasteiger partial charge on any atom is -0.377 e. The highest BCUT2D eigenvalue weighted by molar-refractivity contribution is 5.89. The highest BCUT2D eigenvalue weighted by Crippen LogP contribution is 2.28. The molecule has 0 aliphatic carbocycles. The molecule has 1 heterocycles. The number of nitrogens with zero attached hydrogens (tertiary/aromatic N) is 4. The van der Waals surface area contributed by atoms with E-state index in [1.165, 1.54) is 11.3 Å². The van der Waals surface area contributed by atoms with Crippen LogP contribution in [0.15, 0.2) is 65.0 Å². The van der Waals surface area contributed by atoms with Gasteiger partial charge in [-0.1, -0.05) is 6.07 Å². The van der Waals surface area contributed by atoms with Crippen LogP contribution in [0.5, 0.6) is 0 Å². The Hall–Kier alpha value is -2.75. The van der Waals surface area contributed by atoms with Crippen molar-refractivity contribution in [2.24, 2.45) is 10.2 Å². The maximum atomic E-state index is 4.39. The van der Waals surface area contributed by atoms with Crippen LogP contribution >= 0.6 is 0 Å². The molecule has 0 N–H and O–H groups in total. The van der Waals surface area contributed by atoms with Gasteiger partial charge in [-0.15, -0.1) is 5.11 Å². The first-order chi connectivity index (χ1) is 10.6. The topological polar surface area (TPSA) is 40.9 Å². The summed E-state index contributed by atoms with van der Waals surface area (Å²) in [4.78, 5) is 6.42. The Labute approximate surface area is 130 Å². The summed E-state index contributed by atoms with van der Waals surface area (Å²) in [7, 11) is 4.07. The van der Waals surface area contributed by atoms with Crippen molar-refractivity contribution in [2.75, 3.05) is 19.0 Å². The monoisotopic (exact) mass is 290 g/mol. The second-order valence-corrected chi connectivity index (χ2v) is 5.41. The van der Waals surface area contributed by atoms with Crippen LogP contribution in [0.2, 0.25) is 0 Å². The number of rotatable bonds is 3. The molecule has 4 heteroatoms. The first kappa shape index (κ1) is 14.2. The van der Waals surface area contributed by atoms with Gasteiger partial charge in [0.15, 0.2) is 0 Å². The van der Waals surface area contributed by atoms with Crippen LogP contribution in [-0.4, -0.2) is 19.1 Å². The van der Waals surface area contributed by atoms with Crippen molar-refractivity contribution in [1.29, 1.82) is 0 Å². The lowest BCUT2D eigenvalue weighted by atomic mass is 10.1. The lowest BCUT2D eigenvalue weighted by molar-refractivity contribution is 1.11. The number of hydrogen-bond acceptors (Lipinski definition) is 4. The van der Waals surface area contributed by atoms with E-state index in [0.717, 1.165) is 22.3 Å². The van der Waals surface area contributed by atoms with E-state index in [9.17, 15) is 0 Å². The molecule has 3 rings (SSSR count). The van der Waals surface area contributed by atoms with E-state index in [4.69, 9.17) is 0 Å². The average Bonchev–Trinajstić information content (AvgIpc) is 2.52. The Morgan fingerprint density at radius 1 is 0.955 bits per heavy atom. The normalized spacial score (nSPS) is 11.2. The van der Waals surface area contributed by atoms with Crippen molar-refractivity contribution in [3.05, 3.63) is 60.3 Å². The number of anilines is 1. The largest absolute Gasteiger partial charge is 0.377 e. The van der Waals surface area contributed by atoms with Crippen LogP contribution < -0.4 is 4.90 Å². The first-order valence-corrected chi connectivity index (χ1v) is 7.18. The van der Waals surface area contributed by atoms with E-state index in [0.29, 0.717) is 0 Å². The third kappa shape index (κ3) is 2.81. The summed E-state index contributed by atoms with van der Waals surface area (Å²) in [6.07, 6.45) is 1.78. The molecule has 2 aromatic carbocycles. The molecule has 0 radical (unpaired) electrons. The fourth-order valence-corrected chi connectivity index (χ4v) is 2.49. The predicted molar refractivity (Wildman–Crippen MR) is 91.4 cm³/mol. The lowest BCUT2D eigenvalue weighted by Gasteiger charge is -2.15. The molecular weight excluding hydrogens is 272 g/mol. The number of benzene rings is 2. The lowest BCUT2D eigenvalue weighted by Crippen LogP contribution is -2.09. The maximum Gasteiger partial charge on any atom is 0.0951 e. The van der Waals surface area contributed by atoms with E-state index in [1.807, 2.05) is 56.6 Å². The molecule has 0 saturated carbocycles. The van der Waals surface area contributed by atoms with Gasteiger partial charge in [-0.2, -0.15) is 5.11 Å². The van der Waals surface area contributed by atoms with Gasteiger partial charge >= 0.3 is 0 Å². The van der Waals surface area contributed by atoms with Crippen molar-refractivity contribution < 1.29 is 0 Å². The van der Waals surface area contributed by atoms with Crippen LogP contribution in [0.3, 0.4) is 0 Å². The Kier molecular flexibility index (Phi) is 3.83. The Morgan fingerprint density at radius 3 is 2.59 bits per heavy atom. The molecule has 0 atom stereocenters. The second kappa shape index (κ2) is 5.93. The summed E-state index contributed by atoms with van der Waals surface area (Å²) in [6.45, 7) is 2.08. The fraction of sp³-hybridized carbons (Fsp3) is 0.167. The molecule has 22 heavy (non-hydrogen) atoms. The Balaban J connectivity index is 1.95. The molecule has 0 fully saturated rings. The van der Waals surface area contributed by atoms with E-state index in [-0.39, 0.29) is 0 Å². The number of hydrogen-bond donors (Lipinski definition) is 0. The first-order valence-electron chi connectivity index (χ1n) is 7.18. The van der Waals surface area contributed by atoms with E-state index in [1.54, 1.807) is 6.20 Å². The summed E-state index contributed by atoms with van der Waals surface area (Å²) in [5.41, 5.74) is 4.98. The van der Waals surface area contributed by atoms with E-state index < -0.39 is 0 Å². The smallest absolute Gasteiger partial charge is 0.0951 e. The van der Waals surface area contributed by atoms with Crippen LogP contribution in [0.4, 0.5) is 17.1 Å². The number of fused-ring (bicyclic) bond motifs is 1. The Morgan fingerprint density at radius 2 is 1.82 bits per heavy atom. The van der Waals surface area contributed by atoms with Gasteiger partial charge in [0.05, 0.1) is 16.9 Å². The molecule has 1 aromatic heterocycles. The van der Waals surface area contributed by atoms with E-state index >= 15 is 0 Å². The molecular formula is C18H18N4. The number of pyridine rings is 1. The van der Waals surface area contributed by atoms with Crippen LogP contribution in [0.25, 0.3) is 10.9 Å². The zero-order valence-electron chi connectivity index (χ0n) is 13.0. The Bertz CT molecular complexity index is 832. The van der Waals surface area contributed by atoms with Gasteiger partial charge in [-0.3, -0.25) is 4.98 Å². The molecule has 0 amide bonds. The fourth-order valence-electron chi connectivity index (χ4n) is 2.49. The molecule has 110 valence electrons. The average molecular weight is 290 g/mol. The van der Waals surface area contributed by atoms with Crippen molar-refractivity contribution in [1.82, 2.24) is 4.98 Å². The molecule has 0 spiro atoms. The van der Waals surface area contributed by atoms with Gasteiger partial charge < -0.3 is 4.90 Å². The molecule has 0 aliphatic heterocycles. The minimum atomic E-state index is 0.833. The van der Waals surface area contributed by atoms with Crippen molar-refractivity contribution in [2.45, 2.75) is 6.92 Å². The van der Waals surface area contributed by atoms with Crippen LogP contribution in [0.1, 0.15) is 5.56 Å². The van der Waals surface area contributed by atoms with Gasteiger partial charge in [0, 0.05) is 31.4 Å². The molecule has 4 nitrogen and oxygen atoms in total. The number of aryl methyl sites for hydroxylation is 1. The van der Waals surface area contributed by atoms with Crippen molar-refractivity contribution in [3.8, 4) is 0 Å². The standard InChI is InChI=1S/C18H18N4/c1-13-12-14(9-10-18(13)22(2)3)20-21-17-8-4-7-16-15(17)6-5-11-19-16/h4-12H,1-3H3. The third-order valence-electron chi connectivity index (χ3n) is 3.56. The van der Waals surface area contributed by atoms with E-state index in [2.05, 4.69) is 33.1 Å². The zero-order chi connectivity index (χ0) is 15.5. The highest BCUT2D eigenvalue weighted by Gasteiger charge is 2.02. The summed E-state index contributed by atoms with van der Waals surface area (Å²) in [5, 5.41) is 9.77. The van der Waals surface area contributed by atoms with Crippen LogP contribution in [0, 0.1) is 6.92 Å². The van der Waals surface area contributed by atoms with Gasteiger partial charge in [0.1, 0.15) is 0 Å². The number of aromatic nitrogens is 1. The minimum absolute atomic E-state index is 0.833. The van der Waals surface area contributed by atoms with Gasteiger partial charge in [-0.05, 0) is 55.0 Å². The molecule has 0 unspecified atom stereocenters. The van der Waals surface area contributed by atoms with Gasteiger partial charge in [0.2, 0.25) is 0 Å². The van der Waals surface area contributed by atoms with Gasteiger partial charge in [-0.25, -0.2) is 0 Å². The molecule has 3 aromatic rings. The number of azo groups is 1. The third-order valence-corrected chi connectivity index (χ3v) is 3.56. The summed E-state index contributed by atoms with van der Waals surface area (Å²) in [5.74, 6) is 0.